The van der Waals surface area contributed by atoms with Crippen LogP contribution in [0.15, 0.2) is 29.1 Å². The summed E-state index contributed by atoms with van der Waals surface area (Å²) in [6, 6.07) is 6.91. The van der Waals surface area contributed by atoms with E-state index in [1.54, 1.807) is 10.6 Å². The number of amides is 1. The molecule has 0 saturated carbocycles. The first-order valence-electron chi connectivity index (χ1n) is 9.56. The van der Waals surface area contributed by atoms with Crippen LogP contribution in [0, 0.1) is 19.8 Å². The van der Waals surface area contributed by atoms with Gasteiger partial charge in [0.15, 0.2) is 0 Å². The minimum atomic E-state index is -0.617. The van der Waals surface area contributed by atoms with Crippen LogP contribution in [-0.2, 0) is 11.2 Å². The number of pyridine rings is 1. The van der Waals surface area contributed by atoms with Crippen molar-refractivity contribution < 1.29 is 4.79 Å². The van der Waals surface area contributed by atoms with E-state index >= 15 is 0 Å². The van der Waals surface area contributed by atoms with Crippen molar-refractivity contribution in [3.05, 3.63) is 50.8 Å². The van der Waals surface area contributed by atoms with Crippen LogP contribution in [0.1, 0.15) is 49.4 Å². The first-order chi connectivity index (χ1) is 13.3. The van der Waals surface area contributed by atoms with Crippen LogP contribution in [0.5, 0.6) is 0 Å². The largest absolute Gasteiger partial charge is 0.299 e. The van der Waals surface area contributed by atoms with E-state index < -0.39 is 6.04 Å². The maximum absolute atomic E-state index is 13.0. The number of aromatic nitrogens is 3. The van der Waals surface area contributed by atoms with Gasteiger partial charge in [0.25, 0.3) is 5.56 Å². The van der Waals surface area contributed by atoms with E-state index in [4.69, 9.17) is 0 Å². The van der Waals surface area contributed by atoms with E-state index in [1.807, 2.05) is 39.0 Å². The number of carbonyl (C=O) groups is 1. The second-order valence-corrected chi connectivity index (χ2v) is 8.58. The average Bonchev–Trinajstić information content (AvgIpc) is 3.04. The number of nitrogens with zero attached hydrogens (tertiary/aromatic N) is 3. The number of fused-ring (bicyclic) bond motifs is 1. The van der Waals surface area contributed by atoms with E-state index in [-0.39, 0.29) is 11.5 Å². The molecule has 2 aromatic heterocycles. The minimum absolute atomic E-state index is 0.168. The summed E-state index contributed by atoms with van der Waals surface area (Å²) in [6.45, 7) is 10.0. The Hall–Kier alpha value is -2.54. The van der Waals surface area contributed by atoms with E-state index in [2.05, 4.69) is 29.4 Å². The number of anilines is 1. The van der Waals surface area contributed by atoms with Gasteiger partial charge in [-0.15, -0.1) is 10.2 Å². The fourth-order valence-electron chi connectivity index (χ4n) is 3.46. The van der Waals surface area contributed by atoms with Crippen molar-refractivity contribution in [1.29, 1.82) is 0 Å². The van der Waals surface area contributed by atoms with Gasteiger partial charge in [0, 0.05) is 17.9 Å². The van der Waals surface area contributed by atoms with Crippen LogP contribution in [0.2, 0.25) is 0 Å². The van der Waals surface area contributed by atoms with Crippen LogP contribution in [0.3, 0.4) is 0 Å². The number of carbonyl (C=O) groups excluding carboxylic acids is 1. The quantitative estimate of drug-likeness (QED) is 0.673. The highest BCUT2D eigenvalue weighted by atomic mass is 32.1. The molecule has 148 valence electrons. The predicted octanol–water partition coefficient (Wildman–Crippen LogP) is 4.26. The number of nitrogens with one attached hydrogen (secondary N) is 1. The Balaban J connectivity index is 1.99. The monoisotopic (exact) mass is 398 g/mol. The number of para-hydroxylation sites is 1. The number of hydrogen-bond donors (Lipinski definition) is 1. The van der Waals surface area contributed by atoms with Crippen LogP contribution < -0.4 is 10.9 Å². The van der Waals surface area contributed by atoms with Gasteiger partial charge in [0.2, 0.25) is 11.0 Å². The molecule has 0 aliphatic rings. The van der Waals surface area contributed by atoms with Gasteiger partial charge in [-0.3, -0.25) is 19.5 Å². The molecule has 1 aromatic carbocycles. The third-order valence-corrected chi connectivity index (χ3v) is 5.62. The van der Waals surface area contributed by atoms with Crippen molar-refractivity contribution in [2.24, 2.45) is 5.92 Å². The number of hydrogen-bond acceptors (Lipinski definition) is 5. The molecular formula is C21H26N4O2S. The first-order valence-corrected chi connectivity index (χ1v) is 10.4. The van der Waals surface area contributed by atoms with Gasteiger partial charge in [0.05, 0.1) is 5.52 Å². The Morgan fingerprint density at radius 3 is 2.64 bits per heavy atom. The second-order valence-electron chi connectivity index (χ2n) is 7.52. The van der Waals surface area contributed by atoms with Crippen LogP contribution in [-0.4, -0.2) is 20.7 Å². The number of benzene rings is 1. The maximum atomic E-state index is 13.0. The van der Waals surface area contributed by atoms with E-state index in [9.17, 15) is 9.59 Å². The van der Waals surface area contributed by atoms with Gasteiger partial charge in [-0.25, -0.2) is 0 Å². The van der Waals surface area contributed by atoms with Crippen LogP contribution >= 0.6 is 11.3 Å². The standard InChI is InChI=1S/C21H26N4O2S/c1-6-16(20(27)22-21-24-23-17(28-21)10-12(2)3)25-18(26)11-14(5)15-9-7-8-13(4)19(15)25/h7-9,11-12,16H,6,10H2,1-5H3,(H,22,24,27). The summed E-state index contributed by atoms with van der Waals surface area (Å²) in [5, 5.41) is 13.4. The third-order valence-electron chi connectivity index (χ3n) is 4.76. The molecule has 6 nitrogen and oxygen atoms in total. The Morgan fingerprint density at radius 1 is 1.21 bits per heavy atom. The predicted molar refractivity (Wildman–Crippen MR) is 114 cm³/mol. The Labute approximate surface area is 168 Å². The van der Waals surface area contributed by atoms with Crippen molar-refractivity contribution in [2.45, 2.75) is 53.5 Å². The summed E-state index contributed by atoms with van der Waals surface area (Å²) in [6.07, 6.45) is 1.32. The zero-order valence-electron chi connectivity index (χ0n) is 16.9. The van der Waals surface area contributed by atoms with Gasteiger partial charge in [0.1, 0.15) is 11.0 Å². The van der Waals surface area contributed by atoms with Crippen LogP contribution in [0.25, 0.3) is 10.9 Å². The van der Waals surface area contributed by atoms with Crippen molar-refractivity contribution in [3.8, 4) is 0 Å². The van der Waals surface area contributed by atoms with E-state index in [1.165, 1.54) is 11.3 Å². The third kappa shape index (κ3) is 3.99. The highest BCUT2D eigenvalue weighted by Crippen LogP contribution is 2.26. The van der Waals surface area contributed by atoms with E-state index in [0.717, 1.165) is 33.5 Å². The maximum Gasteiger partial charge on any atom is 0.252 e. The Bertz CT molecular complexity index is 1070. The molecule has 28 heavy (non-hydrogen) atoms. The molecule has 3 aromatic rings. The summed E-state index contributed by atoms with van der Waals surface area (Å²) in [4.78, 5) is 25.9. The molecule has 0 saturated heterocycles. The van der Waals surface area contributed by atoms with Crippen molar-refractivity contribution in [3.63, 3.8) is 0 Å². The second kappa shape index (κ2) is 8.22. The zero-order chi connectivity index (χ0) is 20.4. The summed E-state index contributed by atoms with van der Waals surface area (Å²) in [5.41, 5.74) is 2.53. The zero-order valence-corrected chi connectivity index (χ0v) is 17.8. The highest BCUT2D eigenvalue weighted by molar-refractivity contribution is 7.15. The molecule has 0 spiro atoms. The molecule has 3 rings (SSSR count). The first kappa shape index (κ1) is 20.2. The van der Waals surface area contributed by atoms with E-state index in [0.29, 0.717) is 17.5 Å². The summed E-state index contributed by atoms with van der Waals surface area (Å²) < 4.78 is 1.61. The fourth-order valence-corrected chi connectivity index (χ4v) is 4.41. The Kier molecular flexibility index (Phi) is 5.93. The summed E-state index contributed by atoms with van der Waals surface area (Å²) in [7, 11) is 0. The lowest BCUT2D eigenvalue weighted by Crippen LogP contribution is -2.33. The molecule has 0 aliphatic heterocycles. The topological polar surface area (TPSA) is 76.9 Å². The summed E-state index contributed by atoms with van der Waals surface area (Å²) in [5.74, 6) is 0.227. The molecule has 1 N–H and O–H groups in total. The molecule has 1 unspecified atom stereocenters. The normalized spacial score (nSPS) is 12.5. The van der Waals surface area contributed by atoms with Gasteiger partial charge >= 0.3 is 0 Å². The summed E-state index contributed by atoms with van der Waals surface area (Å²) >= 11 is 1.38. The van der Waals surface area contributed by atoms with Gasteiger partial charge in [-0.2, -0.15) is 0 Å². The Morgan fingerprint density at radius 2 is 1.96 bits per heavy atom. The molecule has 0 fully saturated rings. The minimum Gasteiger partial charge on any atom is -0.299 e. The van der Waals surface area contributed by atoms with Gasteiger partial charge in [-0.05, 0) is 37.3 Å². The van der Waals surface area contributed by atoms with Crippen molar-refractivity contribution >= 4 is 33.3 Å². The van der Waals surface area contributed by atoms with Gasteiger partial charge < -0.3 is 0 Å². The smallest absolute Gasteiger partial charge is 0.252 e. The molecule has 0 bridgehead atoms. The molecule has 2 heterocycles. The van der Waals surface area contributed by atoms with Crippen molar-refractivity contribution in [1.82, 2.24) is 14.8 Å². The molecule has 1 atom stereocenters. The lowest BCUT2D eigenvalue weighted by atomic mass is 10.0. The molecule has 1 amide bonds. The molecule has 0 aliphatic carbocycles. The SMILES string of the molecule is CCC(C(=O)Nc1nnc(CC(C)C)s1)n1c(=O)cc(C)c2cccc(C)c21. The molecule has 0 radical (unpaired) electrons. The van der Waals surface area contributed by atoms with Gasteiger partial charge in [-0.1, -0.05) is 50.3 Å². The van der Waals surface area contributed by atoms with Crippen molar-refractivity contribution in [2.75, 3.05) is 5.32 Å². The molecular weight excluding hydrogens is 372 g/mol. The molecule has 7 heteroatoms. The highest BCUT2D eigenvalue weighted by Gasteiger charge is 2.24. The van der Waals surface area contributed by atoms with Crippen LogP contribution in [0.4, 0.5) is 5.13 Å². The average molecular weight is 399 g/mol. The fraction of sp³-hybridized carbons (Fsp3) is 0.429. The lowest BCUT2D eigenvalue weighted by molar-refractivity contribution is -0.119. The lowest BCUT2D eigenvalue weighted by Gasteiger charge is -2.21. The number of rotatable bonds is 6. The number of aryl methyl sites for hydroxylation is 2.